The molecule has 0 spiro atoms. The Morgan fingerprint density at radius 2 is 1.67 bits per heavy atom. The molecule has 1 aromatic rings. The standard InChI is InChI=1S/C10H15NSi/c1-12(2,11-8-9-11)10-6-4-3-5-7-10/h3-7H,8-9H2,1-2H3. The second-order valence-electron chi connectivity index (χ2n) is 3.91. The lowest BCUT2D eigenvalue weighted by atomic mass is 10.4. The minimum Gasteiger partial charge on any atom is -0.318 e. The summed E-state index contributed by atoms with van der Waals surface area (Å²) in [5, 5.41) is 1.56. The minimum absolute atomic E-state index is 1.21. The Morgan fingerprint density at radius 3 is 2.17 bits per heavy atom. The second kappa shape index (κ2) is 2.71. The van der Waals surface area contributed by atoms with Gasteiger partial charge in [-0.1, -0.05) is 43.4 Å². The highest BCUT2D eigenvalue weighted by Crippen LogP contribution is 2.17. The quantitative estimate of drug-likeness (QED) is 0.488. The van der Waals surface area contributed by atoms with Gasteiger partial charge in [0, 0.05) is 13.1 Å². The zero-order valence-electron chi connectivity index (χ0n) is 7.75. The van der Waals surface area contributed by atoms with E-state index in [4.69, 9.17) is 0 Å². The van der Waals surface area contributed by atoms with Crippen LogP contribution >= 0.6 is 0 Å². The van der Waals surface area contributed by atoms with E-state index in [1.54, 1.807) is 5.19 Å². The van der Waals surface area contributed by atoms with Gasteiger partial charge in [-0.3, -0.25) is 0 Å². The van der Waals surface area contributed by atoms with Crippen molar-refractivity contribution in [3.05, 3.63) is 30.3 Å². The molecule has 0 saturated carbocycles. The first-order chi connectivity index (χ1) is 5.71. The van der Waals surface area contributed by atoms with E-state index in [0.717, 1.165) is 0 Å². The smallest absolute Gasteiger partial charge is 0.154 e. The van der Waals surface area contributed by atoms with Gasteiger partial charge in [-0.05, 0) is 5.19 Å². The molecule has 1 fully saturated rings. The molecule has 0 aromatic heterocycles. The molecule has 0 atom stereocenters. The number of nitrogens with zero attached hydrogens (tertiary/aromatic N) is 1. The van der Waals surface area contributed by atoms with Crippen molar-refractivity contribution in [2.45, 2.75) is 13.1 Å². The van der Waals surface area contributed by atoms with E-state index >= 15 is 0 Å². The third-order valence-electron chi connectivity index (χ3n) is 2.72. The predicted molar refractivity (Wildman–Crippen MR) is 55.1 cm³/mol. The van der Waals surface area contributed by atoms with E-state index in [-0.39, 0.29) is 0 Å². The van der Waals surface area contributed by atoms with Crippen LogP contribution < -0.4 is 5.19 Å². The molecular weight excluding hydrogens is 162 g/mol. The van der Waals surface area contributed by atoms with E-state index in [1.165, 1.54) is 13.1 Å². The van der Waals surface area contributed by atoms with Gasteiger partial charge < -0.3 is 4.57 Å². The van der Waals surface area contributed by atoms with Crippen molar-refractivity contribution in [3.8, 4) is 0 Å². The molecule has 1 aliphatic rings. The molecular formula is C10H15NSi. The molecule has 64 valence electrons. The van der Waals surface area contributed by atoms with Crippen molar-refractivity contribution < 1.29 is 0 Å². The lowest BCUT2D eigenvalue weighted by Gasteiger charge is -2.23. The van der Waals surface area contributed by atoms with Crippen LogP contribution in [-0.4, -0.2) is 25.9 Å². The summed E-state index contributed by atoms with van der Waals surface area (Å²) in [6.45, 7) is 7.48. The van der Waals surface area contributed by atoms with Crippen LogP contribution in [0.5, 0.6) is 0 Å². The summed E-state index contributed by atoms with van der Waals surface area (Å²) in [6, 6.07) is 10.9. The molecule has 1 aromatic carbocycles. The third-order valence-corrected chi connectivity index (χ3v) is 6.49. The van der Waals surface area contributed by atoms with Crippen molar-refractivity contribution in [1.29, 1.82) is 0 Å². The van der Waals surface area contributed by atoms with Gasteiger partial charge in [0.2, 0.25) is 0 Å². The maximum absolute atomic E-state index is 2.61. The topological polar surface area (TPSA) is 3.01 Å². The van der Waals surface area contributed by atoms with Crippen LogP contribution in [-0.2, 0) is 0 Å². The zero-order valence-corrected chi connectivity index (χ0v) is 8.75. The average Bonchev–Trinajstić information content (AvgIpc) is 2.88. The van der Waals surface area contributed by atoms with Crippen LogP contribution in [0.4, 0.5) is 0 Å². The summed E-state index contributed by atoms with van der Waals surface area (Å²) >= 11 is 0. The molecule has 1 nitrogen and oxygen atoms in total. The fraction of sp³-hybridized carbons (Fsp3) is 0.400. The lowest BCUT2D eigenvalue weighted by Crippen LogP contribution is -2.49. The fourth-order valence-corrected chi connectivity index (χ4v) is 4.23. The monoisotopic (exact) mass is 177 g/mol. The van der Waals surface area contributed by atoms with Crippen molar-refractivity contribution in [1.82, 2.24) is 4.57 Å². The van der Waals surface area contributed by atoms with Crippen molar-refractivity contribution >= 4 is 13.4 Å². The first-order valence-electron chi connectivity index (χ1n) is 4.52. The molecule has 1 heterocycles. The number of hydrogen-bond acceptors (Lipinski definition) is 1. The third kappa shape index (κ3) is 1.32. The molecule has 2 rings (SSSR count). The van der Waals surface area contributed by atoms with Gasteiger partial charge >= 0.3 is 0 Å². The Balaban J connectivity index is 2.28. The zero-order chi connectivity index (χ0) is 8.60. The average molecular weight is 177 g/mol. The highest BCUT2D eigenvalue weighted by atomic mass is 28.3. The van der Waals surface area contributed by atoms with Crippen LogP contribution in [0.15, 0.2) is 30.3 Å². The number of benzene rings is 1. The Morgan fingerprint density at radius 1 is 1.08 bits per heavy atom. The Labute approximate surface area is 75.1 Å². The summed E-state index contributed by atoms with van der Waals surface area (Å²) in [5.74, 6) is 0. The number of hydrogen-bond donors (Lipinski definition) is 0. The summed E-state index contributed by atoms with van der Waals surface area (Å²) in [6.07, 6.45) is 0. The van der Waals surface area contributed by atoms with Gasteiger partial charge in [-0.25, -0.2) is 0 Å². The van der Waals surface area contributed by atoms with Crippen LogP contribution in [0, 0.1) is 0 Å². The van der Waals surface area contributed by atoms with Crippen LogP contribution in [0.2, 0.25) is 13.1 Å². The Bertz CT molecular complexity index is 264. The molecule has 0 bridgehead atoms. The predicted octanol–water partition coefficient (Wildman–Crippen LogP) is 1.41. The summed E-state index contributed by atoms with van der Waals surface area (Å²) in [7, 11) is -1.21. The summed E-state index contributed by atoms with van der Waals surface area (Å²) < 4.78 is 2.61. The van der Waals surface area contributed by atoms with Gasteiger partial charge in [0.05, 0.1) is 0 Å². The summed E-state index contributed by atoms with van der Waals surface area (Å²) in [5.41, 5.74) is 0. The van der Waals surface area contributed by atoms with E-state index in [0.29, 0.717) is 0 Å². The van der Waals surface area contributed by atoms with Crippen LogP contribution in [0.1, 0.15) is 0 Å². The van der Waals surface area contributed by atoms with Crippen molar-refractivity contribution in [2.24, 2.45) is 0 Å². The van der Waals surface area contributed by atoms with Crippen LogP contribution in [0.25, 0.3) is 0 Å². The lowest BCUT2D eigenvalue weighted by molar-refractivity contribution is 0.857. The van der Waals surface area contributed by atoms with Crippen molar-refractivity contribution in [2.75, 3.05) is 13.1 Å². The molecule has 1 aliphatic heterocycles. The van der Waals surface area contributed by atoms with Crippen molar-refractivity contribution in [3.63, 3.8) is 0 Å². The largest absolute Gasteiger partial charge is 0.318 e. The normalized spacial score (nSPS) is 17.8. The minimum atomic E-state index is -1.21. The van der Waals surface area contributed by atoms with Crippen LogP contribution in [0.3, 0.4) is 0 Å². The van der Waals surface area contributed by atoms with Gasteiger partial charge in [0.1, 0.15) is 0 Å². The first-order valence-corrected chi connectivity index (χ1v) is 7.46. The SMILES string of the molecule is C[Si](C)(c1ccccc1)N1CC1. The second-order valence-corrected chi connectivity index (χ2v) is 8.24. The molecule has 0 unspecified atom stereocenters. The highest BCUT2D eigenvalue weighted by Gasteiger charge is 2.37. The van der Waals surface area contributed by atoms with E-state index in [1.807, 2.05) is 0 Å². The maximum Gasteiger partial charge on any atom is 0.154 e. The van der Waals surface area contributed by atoms with E-state index < -0.39 is 8.24 Å². The Kier molecular flexibility index (Phi) is 1.81. The molecule has 1 saturated heterocycles. The number of rotatable bonds is 2. The molecule has 0 radical (unpaired) electrons. The molecule has 12 heavy (non-hydrogen) atoms. The van der Waals surface area contributed by atoms with Gasteiger partial charge in [0.25, 0.3) is 0 Å². The van der Waals surface area contributed by atoms with Gasteiger partial charge in [-0.15, -0.1) is 0 Å². The first kappa shape index (κ1) is 8.02. The maximum atomic E-state index is 2.61. The molecule has 0 amide bonds. The fourth-order valence-electron chi connectivity index (χ4n) is 1.64. The van der Waals surface area contributed by atoms with Gasteiger partial charge in [0.15, 0.2) is 8.24 Å². The highest BCUT2D eigenvalue weighted by molar-refractivity contribution is 6.87. The van der Waals surface area contributed by atoms with E-state index in [2.05, 4.69) is 48.0 Å². The summed E-state index contributed by atoms with van der Waals surface area (Å²) in [4.78, 5) is 0. The Hall–Kier alpha value is -0.603. The van der Waals surface area contributed by atoms with Gasteiger partial charge in [-0.2, -0.15) is 0 Å². The van der Waals surface area contributed by atoms with E-state index in [9.17, 15) is 0 Å². The molecule has 2 heteroatoms. The molecule has 0 aliphatic carbocycles. The molecule has 0 N–H and O–H groups in total.